The van der Waals surface area contributed by atoms with E-state index in [9.17, 15) is 22.8 Å². The van der Waals surface area contributed by atoms with Gasteiger partial charge in [0.15, 0.2) is 0 Å². The lowest BCUT2D eigenvalue weighted by atomic mass is 10.1. The summed E-state index contributed by atoms with van der Waals surface area (Å²) >= 11 is 0. The number of benzene rings is 2. The molecule has 1 heterocycles. The Kier molecular flexibility index (Phi) is 5.30. The van der Waals surface area contributed by atoms with Crippen molar-refractivity contribution >= 4 is 18.1 Å². The van der Waals surface area contributed by atoms with Crippen molar-refractivity contribution < 1.29 is 27.5 Å². The summed E-state index contributed by atoms with van der Waals surface area (Å²) in [5.41, 5.74) is -0.0746. The largest absolute Gasteiger partial charge is 0.447 e. The summed E-state index contributed by atoms with van der Waals surface area (Å²) in [5.74, 6) is -0.713. The van der Waals surface area contributed by atoms with Crippen LogP contribution < -0.4 is 0 Å². The highest BCUT2D eigenvalue weighted by atomic mass is 19.4. The van der Waals surface area contributed by atoms with Crippen molar-refractivity contribution in [3.8, 4) is 0 Å². The monoisotopic (exact) mass is 375 g/mol. The van der Waals surface area contributed by atoms with Crippen LogP contribution in [-0.2, 0) is 22.1 Å². The molecule has 0 bridgehead atoms. The second kappa shape index (κ2) is 7.65. The van der Waals surface area contributed by atoms with Crippen LogP contribution in [0.3, 0.4) is 0 Å². The molecule has 2 amide bonds. The highest BCUT2D eigenvalue weighted by Gasteiger charge is 2.37. The molecule has 1 fully saturated rings. The summed E-state index contributed by atoms with van der Waals surface area (Å²) < 4.78 is 44.1. The summed E-state index contributed by atoms with van der Waals surface area (Å²) in [6, 6.07) is 13.7. The molecule has 1 aliphatic heterocycles. The molecule has 0 radical (unpaired) electrons. The fourth-order valence-corrected chi connectivity index (χ4v) is 2.91. The molecule has 0 saturated carbocycles. The van der Waals surface area contributed by atoms with Gasteiger partial charge in [-0.25, -0.2) is 9.69 Å². The molecule has 140 valence electrons. The van der Waals surface area contributed by atoms with E-state index in [0.717, 1.165) is 28.7 Å². The first-order valence-electron chi connectivity index (χ1n) is 8.24. The number of alkyl halides is 3. The zero-order valence-corrected chi connectivity index (χ0v) is 14.1. The summed E-state index contributed by atoms with van der Waals surface area (Å²) in [6.07, 6.45) is -2.89. The van der Waals surface area contributed by atoms with E-state index >= 15 is 0 Å². The van der Waals surface area contributed by atoms with E-state index in [1.807, 2.05) is 30.3 Å². The van der Waals surface area contributed by atoms with Crippen LogP contribution in [0, 0.1) is 0 Å². The summed E-state index contributed by atoms with van der Waals surface area (Å²) in [6.45, 7) is 0.0481. The predicted molar refractivity (Wildman–Crippen MR) is 92.6 cm³/mol. The minimum Gasteiger partial charge on any atom is -0.447 e. The molecule has 2 aromatic rings. The Morgan fingerprint density at radius 1 is 1.11 bits per heavy atom. The quantitative estimate of drug-likeness (QED) is 0.749. The van der Waals surface area contributed by atoms with Gasteiger partial charge in [-0.1, -0.05) is 48.5 Å². The second-order valence-electron chi connectivity index (χ2n) is 6.05. The average molecular weight is 375 g/mol. The fourth-order valence-electron chi connectivity index (χ4n) is 2.91. The number of cyclic esters (lactones) is 1. The van der Waals surface area contributed by atoms with Gasteiger partial charge in [0, 0.05) is 6.08 Å². The van der Waals surface area contributed by atoms with E-state index in [2.05, 4.69) is 0 Å². The number of rotatable bonds is 4. The van der Waals surface area contributed by atoms with E-state index in [1.165, 1.54) is 18.2 Å². The lowest BCUT2D eigenvalue weighted by molar-refractivity contribution is -0.137. The van der Waals surface area contributed by atoms with Crippen LogP contribution in [0.2, 0.25) is 0 Å². The Morgan fingerprint density at radius 3 is 2.48 bits per heavy atom. The van der Waals surface area contributed by atoms with Gasteiger partial charge in [-0.05, 0) is 29.7 Å². The zero-order chi connectivity index (χ0) is 19.4. The second-order valence-corrected chi connectivity index (χ2v) is 6.05. The van der Waals surface area contributed by atoms with Crippen molar-refractivity contribution in [3.05, 3.63) is 77.4 Å². The number of hydrogen-bond donors (Lipinski definition) is 0. The summed E-state index contributed by atoms with van der Waals surface area (Å²) in [4.78, 5) is 25.3. The summed E-state index contributed by atoms with van der Waals surface area (Å²) in [7, 11) is 0. The lowest BCUT2D eigenvalue weighted by Gasteiger charge is -2.18. The molecule has 1 saturated heterocycles. The van der Waals surface area contributed by atoms with Crippen molar-refractivity contribution in [2.45, 2.75) is 18.6 Å². The third kappa shape index (κ3) is 4.36. The van der Waals surface area contributed by atoms with Gasteiger partial charge in [0.2, 0.25) is 0 Å². The van der Waals surface area contributed by atoms with Crippen LogP contribution in [0.25, 0.3) is 6.08 Å². The van der Waals surface area contributed by atoms with Crippen LogP contribution in [0.1, 0.15) is 16.7 Å². The molecular formula is C20H16F3NO3. The molecular weight excluding hydrogens is 359 g/mol. The van der Waals surface area contributed by atoms with E-state index in [0.29, 0.717) is 6.42 Å². The molecule has 0 aliphatic carbocycles. The van der Waals surface area contributed by atoms with Crippen LogP contribution in [-0.4, -0.2) is 29.5 Å². The van der Waals surface area contributed by atoms with Gasteiger partial charge < -0.3 is 4.74 Å². The van der Waals surface area contributed by atoms with E-state index in [4.69, 9.17) is 4.74 Å². The Hall–Kier alpha value is -3.09. The van der Waals surface area contributed by atoms with E-state index in [1.54, 1.807) is 0 Å². The molecule has 0 spiro atoms. The predicted octanol–water partition coefficient (Wildman–Crippen LogP) is 4.31. The van der Waals surface area contributed by atoms with Gasteiger partial charge in [0.05, 0.1) is 11.6 Å². The number of ether oxygens (including phenoxy) is 1. The van der Waals surface area contributed by atoms with Gasteiger partial charge in [-0.15, -0.1) is 0 Å². The zero-order valence-electron chi connectivity index (χ0n) is 14.1. The van der Waals surface area contributed by atoms with Crippen LogP contribution >= 0.6 is 0 Å². The Morgan fingerprint density at radius 2 is 1.78 bits per heavy atom. The Balaban J connectivity index is 1.78. The molecule has 1 atom stereocenters. The SMILES string of the molecule is O=C(/C=C/c1ccccc1C(F)(F)F)N1C(=O)OCC1Cc1ccccc1. The number of carbonyl (C=O) groups is 2. The number of halogens is 3. The maximum Gasteiger partial charge on any atom is 0.417 e. The molecule has 1 unspecified atom stereocenters. The topological polar surface area (TPSA) is 46.6 Å². The van der Waals surface area contributed by atoms with Crippen LogP contribution in [0.15, 0.2) is 60.7 Å². The van der Waals surface area contributed by atoms with E-state index in [-0.39, 0.29) is 12.2 Å². The normalized spacial score (nSPS) is 17.4. The Bertz CT molecular complexity index is 862. The highest BCUT2D eigenvalue weighted by molar-refractivity contribution is 6.02. The molecule has 27 heavy (non-hydrogen) atoms. The molecule has 0 N–H and O–H groups in total. The highest BCUT2D eigenvalue weighted by Crippen LogP contribution is 2.32. The molecule has 3 rings (SSSR count). The molecule has 2 aromatic carbocycles. The Labute approximate surface area is 153 Å². The molecule has 1 aliphatic rings. The van der Waals surface area contributed by atoms with E-state index < -0.39 is 29.8 Å². The number of imide groups is 1. The molecule has 7 heteroatoms. The average Bonchev–Trinajstić information content (AvgIpc) is 3.00. The maximum absolute atomic E-state index is 13.0. The third-order valence-electron chi connectivity index (χ3n) is 4.18. The number of nitrogens with zero attached hydrogens (tertiary/aromatic N) is 1. The molecule has 0 aromatic heterocycles. The first-order chi connectivity index (χ1) is 12.9. The number of amides is 2. The van der Waals surface area contributed by atoms with Crippen molar-refractivity contribution in [3.63, 3.8) is 0 Å². The molecule has 4 nitrogen and oxygen atoms in total. The lowest BCUT2D eigenvalue weighted by Crippen LogP contribution is -2.39. The van der Waals surface area contributed by atoms with Crippen molar-refractivity contribution in [2.75, 3.05) is 6.61 Å². The van der Waals surface area contributed by atoms with Crippen molar-refractivity contribution in [1.82, 2.24) is 4.90 Å². The van der Waals surface area contributed by atoms with Crippen molar-refractivity contribution in [2.24, 2.45) is 0 Å². The minimum atomic E-state index is -4.54. The fraction of sp³-hybridized carbons (Fsp3) is 0.200. The van der Waals surface area contributed by atoms with Gasteiger partial charge in [0.1, 0.15) is 6.61 Å². The minimum absolute atomic E-state index is 0.0481. The summed E-state index contributed by atoms with van der Waals surface area (Å²) in [5, 5.41) is 0. The standard InChI is InChI=1S/C20H16F3NO3/c21-20(22,23)17-9-5-4-8-15(17)10-11-18(25)24-16(13-27-19(24)26)12-14-6-2-1-3-7-14/h1-11,16H,12-13H2/b11-10+. The first kappa shape index (κ1) is 18.7. The first-order valence-corrected chi connectivity index (χ1v) is 8.24. The van der Waals surface area contributed by atoms with Gasteiger partial charge in [0.25, 0.3) is 5.91 Å². The maximum atomic E-state index is 13.0. The third-order valence-corrected chi connectivity index (χ3v) is 4.18. The van der Waals surface area contributed by atoms with Gasteiger partial charge in [-0.2, -0.15) is 13.2 Å². The number of hydrogen-bond acceptors (Lipinski definition) is 3. The van der Waals surface area contributed by atoms with Crippen LogP contribution in [0.5, 0.6) is 0 Å². The smallest absolute Gasteiger partial charge is 0.417 e. The van der Waals surface area contributed by atoms with Gasteiger partial charge >= 0.3 is 12.3 Å². The van der Waals surface area contributed by atoms with Gasteiger partial charge in [-0.3, -0.25) is 4.79 Å². The number of carbonyl (C=O) groups excluding carboxylic acids is 2. The van der Waals surface area contributed by atoms with Crippen molar-refractivity contribution in [1.29, 1.82) is 0 Å². The van der Waals surface area contributed by atoms with Crippen LogP contribution in [0.4, 0.5) is 18.0 Å².